The van der Waals surface area contributed by atoms with Crippen LogP contribution in [0.25, 0.3) is 10.2 Å². The fourth-order valence-electron chi connectivity index (χ4n) is 2.91. The van der Waals surface area contributed by atoms with E-state index in [2.05, 4.69) is 15.3 Å². The van der Waals surface area contributed by atoms with Crippen LogP contribution < -0.4 is 10.1 Å². The SMILES string of the molecule is N#CC(C(=O)NCc1ccc(OCc2cccnc2)cc1)c1nc2cc(F)ccc2s1. The molecule has 2 aromatic carbocycles. The first kappa shape index (κ1) is 20.4. The maximum Gasteiger partial charge on any atom is 0.244 e. The highest BCUT2D eigenvalue weighted by molar-refractivity contribution is 7.18. The molecule has 2 heterocycles. The Labute approximate surface area is 182 Å². The molecule has 0 aliphatic rings. The first-order chi connectivity index (χ1) is 15.1. The fraction of sp³-hybridized carbons (Fsp3) is 0.130. The number of rotatable bonds is 7. The lowest BCUT2D eigenvalue weighted by Crippen LogP contribution is -2.28. The van der Waals surface area contributed by atoms with Crippen molar-refractivity contribution in [3.63, 3.8) is 0 Å². The molecule has 1 atom stereocenters. The summed E-state index contributed by atoms with van der Waals surface area (Å²) in [5.74, 6) is -1.20. The number of halogens is 1. The van der Waals surface area contributed by atoms with Gasteiger partial charge in [-0.25, -0.2) is 9.37 Å². The van der Waals surface area contributed by atoms with Crippen LogP contribution in [-0.2, 0) is 17.9 Å². The number of amides is 1. The van der Waals surface area contributed by atoms with Crippen LogP contribution in [-0.4, -0.2) is 15.9 Å². The number of aromatic nitrogens is 2. The zero-order valence-corrected chi connectivity index (χ0v) is 17.1. The summed E-state index contributed by atoms with van der Waals surface area (Å²) in [7, 11) is 0. The van der Waals surface area contributed by atoms with Crippen LogP contribution in [0, 0.1) is 17.1 Å². The summed E-state index contributed by atoms with van der Waals surface area (Å²) in [6, 6.07) is 17.3. The zero-order chi connectivity index (χ0) is 21.6. The second-order valence-corrected chi connectivity index (χ2v) is 7.80. The minimum atomic E-state index is -1.05. The molecule has 2 aromatic heterocycles. The number of nitriles is 1. The number of carbonyl (C=O) groups is 1. The Hall–Kier alpha value is -3.83. The lowest BCUT2D eigenvalue weighted by atomic mass is 10.1. The molecule has 0 saturated carbocycles. The number of nitrogens with one attached hydrogen (secondary N) is 1. The van der Waals surface area contributed by atoms with E-state index in [1.165, 1.54) is 23.5 Å². The molecule has 1 N–H and O–H groups in total. The normalized spacial score (nSPS) is 11.6. The average molecular weight is 432 g/mol. The average Bonchev–Trinajstić information content (AvgIpc) is 3.20. The highest BCUT2D eigenvalue weighted by Gasteiger charge is 2.24. The Bertz CT molecular complexity index is 1240. The van der Waals surface area contributed by atoms with Crippen molar-refractivity contribution in [3.05, 3.63) is 88.9 Å². The standard InChI is InChI=1S/C23H17FN4O2S/c24-17-5-8-21-20(10-17)28-23(31-21)19(11-25)22(29)27-13-15-3-6-18(7-4-15)30-14-16-2-1-9-26-12-16/h1-10,12,19H,13-14H2,(H,27,29). The second kappa shape index (κ2) is 9.32. The number of fused-ring (bicyclic) bond motifs is 1. The van der Waals surface area contributed by atoms with Gasteiger partial charge >= 0.3 is 0 Å². The largest absolute Gasteiger partial charge is 0.489 e. The van der Waals surface area contributed by atoms with Gasteiger partial charge in [0.25, 0.3) is 0 Å². The van der Waals surface area contributed by atoms with Crippen LogP contribution in [0.3, 0.4) is 0 Å². The number of nitrogens with zero attached hydrogens (tertiary/aromatic N) is 3. The van der Waals surface area contributed by atoms with E-state index in [4.69, 9.17) is 4.74 Å². The van der Waals surface area contributed by atoms with Gasteiger partial charge in [0.1, 0.15) is 23.2 Å². The molecule has 8 heteroatoms. The van der Waals surface area contributed by atoms with E-state index in [-0.39, 0.29) is 6.54 Å². The molecule has 4 rings (SSSR count). The van der Waals surface area contributed by atoms with E-state index in [1.54, 1.807) is 18.5 Å². The van der Waals surface area contributed by atoms with Crippen molar-refractivity contribution in [1.82, 2.24) is 15.3 Å². The summed E-state index contributed by atoms with van der Waals surface area (Å²) in [6.07, 6.45) is 3.46. The maximum absolute atomic E-state index is 13.4. The highest BCUT2D eigenvalue weighted by Crippen LogP contribution is 2.28. The number of hydrogen-bond acceptors (Lipinski definition) is 6. The summed E-state index contributed by atoms with van der Waals surface area (Å²) in [5.41, 5.74) is 2.28. The van der Waals surface area contributed by atoms with Crippen molar-refractivity contribution in [2.45, 2.75) is 19.1 Å². The molecule has 6 nitrogen and oxygen atoms in total. The number of carbonyl (C=O) groups excluding carboxylic acids is 1. The van der Waals surface area contributed by atoms with Crippen LogP contribution in [0.4, 0.5) is 4.39 Å². The number of hydrogen-bond donors (Lipinski definition) is 1. The van der Waals surface area contributed by atoms with Gasteiger partial charge in [0.15, 0.2) is 5.92 Å². The van der Waals surface area contributed by atoms with Crippen molar-refractivity contribution in [3.8, 4) is 11.8 Å². The second-order valence-electron chi connectivity index (χ2n) is 6.74. The summed E-state index contributed by atoms with van der Waals surface area (Å²) < 4.78 is 19.8. The summed E-state index contributed by atoms with van der Waals surface area (Å²) in [4.78, 5) is 20.8. The topological polar surface area (TPSA) is 87.9 Å². The molecule has 0 spiro atoms. The molecule has 0 aliphatic heterocycles. The fourth-order valence-corrected chi connectivity index (χ4v) is 3.90. The molecule has 154 valence electrons. The van der Waals surface area contributed by atoms with E-state index in [9.17, 15) is 14.4 Å². The third-order valence-electron chi connectivity index (χ3n) is 4.52. The van der Waals surface area contributed by atoms with E-state index in [1.807, 2.05) is 42.5 Å². The third kappa shape index (κ3) is 5.02. The monoisotopic (exact) mass is 432 g/mol. The minimum Gasteiger partial charge on any atom is -0.489 e. The predicted octanol–water partition coefficient (Wildman–Crippen LogP) is 4.33. The van der Waals surface area contributed by atoms with Crippen LogP contribution in [0.5, 0.6) is 5.75 Å². The van der Waals surface area contributed by atoms with E-state index in [0.29, 0.717) is 22.9 Å². The summed E-state index contributed by atoms with van der Waals surface area (Å²) in [6.45, 7) is 0.680. The molecule has 31 heavy (non-hydrogen) atoms. The molecule has 0 bridgehead atoms. The first-order valence-corrected chi connectivity index (χ1v) is 10.3. The van der Waals surface area contributed by atoms with Gasteiger partial charge < -0.3 is 10.1 Å². The first-order valence-electron chi connectivity index (χ1n) is 9.46. The number of thiazole rings is 1. The molecule has 1 amide bonds. The van der Waals surface area contributed by atoms with Crippen molar-refractivity contribution in [1.29, 1.82) is 5.26 Å². The lowest BCUT2D eigenvalue weighted by Gasteiger charge is -2.10. The molecule has 0 radical (unpaired) electrons. The molecule has 0 saturated heterocycles. The van der Waals surface area contributed by atoms with Gasteiger partial charge in [0, 0.05) is 30.6 Å². The van der Waals surface area contributed by atoms with E-state index >= 15 is 0 Å². The van der Waals surface area contributed by atoms with Gasteiger partial charge in [-0.1, -0.05) is 18.2 Å². The van der Waals surface area contributed by atoms with Gasteiger partial charge in [-0.15, -0.1) is 11.3 Å². The molecule has 4 aromatic rings. The number of ether oxygens (including phenoxy) is 1. The van der Waals surface area contributed by atoms with Crippen molar-refractivity contribution < 1.29 is 13.9 Å². The van der Waals surface area contributed by atoms with Gasteiger partial charge in [-0.05, 0) is 35.9 Å². The van der Waals surface area contributed by atoms with Crippen molar-refractivity contribution in [2.24, 2.45) is 0 Å². The number of pyridine rings is 1. The van der Waals surface area contributed by atoms with Crippen molar-refractivity contribution in [2.75, 3.05) is 0 Å². The quantitative estimate of drug-likeness (QED) is 0.470. The van der Waals surface area contributed by atoms with Crippen molar-refractivity contribution >= 4 is 27.5 Å². The zero-order valence-electron chi connectivity index (χ0n) is 16.3. The van der Waals surface area contributed by atoms with Gasteiger partial charge in [0.05, 0.1) is 16.3 Å². The molecular weight excluding hydrogens is 415 g/mol. The third-order valence-corrected chi connectivity index (χ3v) is 5.62. The van der Waals surface area contributed by atoms with Crippen LogP contribution in [0.2, 0.25) is 0 Å². The Morgan fingerprint density at radius 1 is 1.19 bits per heavy atom. The van der Waals surface area contributed by atoms with Gasteiger partial charge in [-0.3, -0.25) is 9.78 Å². The molecule has 0 fully saturated rings. The minimum absolute atomic E-state index is 0.263. The predicted molar refractivity (Wildman–Crippen MR) is 115 cm³/mol. The Kier molecular flexibility index (Phi) is 6.15. The van der Waals surface area contributed by atoms with E-state index in [0.717, 1.165) is 15.8 Å². The summed E-state index contributed by atoms with van der Waals surface area (Å²) >= 11 is 1.21. The van der Waals surface area contributed by atoms with E-state index < -0.39 is 17.6 Å². The van der Waals surface area contributed by atoms with Gasteiger partial charge in [-0.2, -0.15) is 5.26 Å². The highest BCUT2D eigenvalue weighted by atomic mass is 32.1. The Balaban J connectivity index is 1.35. The smallest absolute Gasteiger partial charge is 0.244 e. The maximum atomic E-state index is 13.4. The Morgan fingerprint density at radius 3 is 2.77 bits per heavy atom. The summed E-state index contributed by atoms with van der Waals surface area (Å²) in [5, 5.41) is 12.6. The molecule has 0 aliphatic carbocycles. The van der Waals surface area contributed by atoms with Crippen LogP contribution in [0.15, 0.2) is 67.0 Å². The van der Waals surface area contributed by atoms with Crippen LogP contribution >= 0.6 is 11.3 Å². The van der Waals surface area contributed by atoms with Gasteiger partial charge in [0.2, 0.25) is 5.91 Å². The number of benzene rings is 2. The van der Waals surface area contributed by atoms with Crippen LogP contribution in [0.1, 0.15) is 22.1 Å². The molecular formula is C23H17FN4O2S. The Morgan fingerprint density at radius 2 is 2.03 bits per heavy atom. The lowest BCUT2D eigenvalue weighted by molar-refractivity contribution is -0.121. The molecule has 1 unspecified atom stereocenters.